The molecule has 0 saturated carbocycles. The third kappa shape index (κ3) is 3.47. The second kappa shape index (κ2) is 5.72. The van der Waals surface area contributed by atoms with Gasteiger partial charge in [-0.05, 0) is 26.8 Å². The number of likely N-dealkylation sites (tertiary alicyclic amines) is 1. The smallest absolute Gasteiger partial charge is 0.410 e. The average molecular weight is 320 g/mol. The molecule has 3 heterocycles. The quantitative estimate of drug-likeness (QED) is 0.851. The van der Waals surface area contributed by atoms with Crippen LogP contribution in [0.3, 0.4) is 0 Å². The van der Waals surface area contributed by atoms with E-state index in [0.29, 0.717) is 19.0 Å². The summed E-state index contributed by atoms with van der Waals surface area (Å²) in [6, 6.07) is 3.66. The van der Waals surface area contributed by atoms with E-state index in [1.165, 1.54) is 11.3 Å². The number of hydrogen-bond donors (Lipinski definition) is 0. The summed E-state index contributed by atoms with van der Waals surface area (Å²) >= 11 is 1.36. The number of thiazole rings is 1. The maximum atomic E-state index is 12.0. The first-order valence-corrected chi connectivity index (χ1v) is 8.00. The highest BCUT2D eigenvalue weighted by atomic mass is 32.1. The fourth-order valence-electron chi connectivity index (χ4n) is 2.24. The molecule has 0 aliphatic carbocycles. The molecule has 117 valence electrons. The number of nitrogens with zero attached hydrogens (tertiary/aromatic N) is 3. The van der Waals surface area contributed by atoms with Gasteiger partial charge in [0.1, 0.15) is 22.1 Å². The maximum absolute atomic E-state index is 12.0. The van der Waals surface area contributed by atoms with E-state index >= 15 is 0 Å². The molecule has 1 amide bonds. The van der Waals surface area contributed by atoms with Gasteiger partial charge in [-0.15, -0.1) is 0 Å². The zero-order chi connectivity index (χ0) is 15.7. The van der Waals surface area contributed by atoms with Crippen molar-refractivity contribution in [2.75, 3.05) is 13.1 Å². The Morgan fingerprint density at radius 2 is 2.27 bits per heavy atom. The Kier molecular flexibility index (Phi) is 3.90. The highest BCUT2D eigenvalue weighted by Gasteiger charge is 2.31. The van der Waals surface area contributed by atoms with Crippen LogP contribution in [0.4, 0.5) is 4.79 Å². The van der Waals surface area contributed by atoms with Crippen molar-refractivity contribution in [1.29, 1.82) is 0 Å². The summed E-state index contributed by atoms with van der Waals surface area (Å²) in [5, 5.41) is 0. The highest BCUT2D eigenvalue weighted by molar-refractivity contribution is 7.15. The van der Waals surface area contributed by atoms with Gasteiger partial charge in [0.15, 0.2) is 5.51 Å². The number of fused-ring (bicyclic) bond motifs is 1. The Morgan fingerprint density at radius 3 is 3.05 bits per heavy atom. The van der Waals surface area contributed by atoms with E-state index in [1.807, 2.05) is 26.8 Å². The van der Waals surface area contributed by atoms with Crippen LogP contribution in [0, 0.1) is 5.51 Å². The molecule has 3 rings (SSSR count). The first kappa shape index (κ1) is 15.0. The van der Waals surface area contributed by atoms with Crippen LogP contribution in [0.2, 0.25) is 0 Å². The highest BCUT2D eigenvalue weighted by Crippen LogP contribution is 2.22. The van der Waals surface area contributed by atoms with Crippen molar-refractivity contribution < 1.29 is 14.3 Å². The van der Waals surface area contributed by atoms with Gasteiger partial charge in [0.25, 0.3) is 0 Å². The van der Waals surface area contributed by atoms with E-state index in [1.54, 1.807) is 11.0 Å². The zero-order valence-electron chi connectivity index (χ0n) is 12.8. The molecule has 22 heavy (non-hydrogen) atoms. The fourth-order valence-corrected chi connectivity index (χ4v) is 2.83. The van der Waals surface area contributed by atoms with Crippen LogP contribution in [0.5, 0.6) is 5.88 Å². The monoisotopic (exact) mass is 320 g/mol. The Bertz CT molecular complexity index is 680. The number of amides is 1. The summed E-state index contributed by atoms with van der Waals surface area (Å²) in [7, 11) is 0. The lowest BCUT2D eigenvalue weighted by Crippen LogP contribution is -2.36. The summed E-state index contributed by atoms with van der Waals surface area (Å²) in [4.78, 5) is 23.0. The first-order valence-electron chi connectivity index (χ1n) is 7.19. The van der Waals surface area contributed by atoms with Crippen molar-refractivity contribution in [2.24, 2.45) is 0 Å². The Hall–Kier alpha value is -1.89. The van der Waals surface area contributed by atoms with Crippen LogP contribution in [0.25, 0.3) is 10.3 Å². The molecule has 1 aliphatic rings. The zero-order valence-corrected chi connectivity index (χ0v) is 13.6. The van der Waals surface area contributed by atoms with Crippen molar-refractivity contribution in [1.82, 2.24) is 14.9 Å². The summed E-state index contributed by atoms with van der Waals surface area (Å²) < 4.78 is 11.2. The van der Waals surface area contributed by atoms with Crippen molar-refractivity contribution in [3.05, 3.63) is 17.6 Å². The summed E-state index contributed by atoms with van der Waals surface area (Å²) in [5.74, 6) is 0.557. The first-order chi connectivity index (χ1) is 10.4. The number of carbonyl (C=O) groups is 1. The molecule has 0 unspecified atom stereocenters. The minimum atomic E-state index is -0.481. The molecular weight excluding hydrogens is 302 g/mol. The van der Waals surface area contributed by atoms with E-state index < -0.39 is 5.60 Å². The van der Waals surface area contributed by atoms with Gasteiger partial charge < -0.3 is 14.4 Å². The van der Waals surface area contributed by atoms with Crippen LogP contribution in [0.1, 0.15) is 27.2 Å². The molecule has 0 N–H and O–H groups in total. The van der Waals surface area contributed by atoms with Crippen molar-refractivity contribution in [3.8, 4) is 5.88 Å². The lowest BCUT2D eigenvalue weighted by molar-refractivity contribution is 0.0275. The Morgan fingerprint density at radius 1 is 1.45 bits per heavy atom. The van der Waals surface area contributed by atoms with Crippen LogP contribution < -0.4 is 4.74 Å². The molecule has 6 nitrogen and oxygen atoms in total. The van der Waals surface area contributed by atoms with Gasteiger partial charge >= 0.3 is 6.09 Å². The predicted octanol–water partition coefficient (Wildman–Crippen LogP) is 2.88. The minimum absolute atomic E-state index is 0.0608. The van der Waals surface area contributed by atoms with Crippen molar-refractivity contribution in [2.45, 2.75) is 38.9 Å². The van der Waals surface area contributed by atoms with Gasteiger partial charge in [0.2, 0.25) is 5.88 Å². The molecule has 0 bridgehead atoms. The molecule has 2 aromatic heterocycles. The third-order valence-corrected chi connectivity index (χ3v) is 3.88. The summed E-state index contributed by atoms with van der Waals surface area (Å²) in [6.45, 7) is 6.74. The molecule has 7 heteroatoms. The molecule has 1 saturated heterocycles. The third-order valence-electron chi connectivity index (χ3n) is 3.21. The maximum Gasteiger partial charge on any atom is 0.410 e. The molecule has 1 aliphatic heterocycles. The predicted molar refractivity (Wildman–Crippen MR) is 83.1 cm³/mol. The molecule has 2 aromatic rings. The van der Waals surface area contributed by atoms with E-state index in [0.717, 1.165) is 16.8 Å². The molecular formula is C15H18N3O3S. The largest absolute Gasteiger partial charge is 0.472 e. The normalized spacial score (nSPS) is 18.7. The van der Waals surface area contributed by atoms with Crippen LogP contribution >= 0.6 is 11.3 Å². The number of rotatable bonds is 2. The van der Waals surface area contributed by atoms with E-state index in [-0.39, 0.29) is 12.2 Å². The van der Waals surface area contributed by atoms with E-state index in [2.05, 4.69) is 15.5 Å². The van der Waals surface area contributed by atoms with Gasteiger partial charge in [-0.25, -0.2) is 14.8 Å². The number of ether oxygens (including phenoxy) is 2. The van der Waals surface area contributed by atoms with Gasteiger partial charge in [-0.2, -0.15) is 0 Å². The number of aromatic nitrogens is 2. The lowest BCUT2D eigenvalue weighted by Gasteiger charge is -2.24. The van der Waals surface area contributed by atoms with E-state index in [4.69, 9.17) is 9.47 Å². The van der Waals surface area contributed by atoms with Crippen LogP contribution in [-0.4, -0.2) is 45.8 Å². The van der Waals surface area contributed by atoms with Gasteiger partial charge in [0, 0.05) is 19.0 Å². The number of carbonyl (C=O) groups excluding carboxylic acids is 1. The number of hydrogen-bond acceptors (Lipinski definition) is 6. The van der Waals surface area contributed by atoms with Crippen LogP contribution in [-0.2, 0) is 4.74 Å². The average Bonchev–Trinajstić information content (AvgIpc) is 3.04. The Balaban J connectivity index is 1.59. The fraction of sp³-hybridized carbons (Fsp3) is 0.533. The van der Waals surface area contributed by atoms with Gasteiger partial charge in [-0.1, -0.05) is 11.3 Å². The lowest BCUT2D eigenvalue weighted by atomic mass is 10.2. The topological polar surface area (TPSA) is 64.5 Å². The summed E-state index contributed by atoms with van der Waals surface area (Å²) in [6.07, 6.45) is 0.418. The molecule has 1 atom stereocenters. The second-order valence-electron chi connectivity index (χ2n) is 6.23. The second-order valence-corrected chi connectivity index (χ2v) is 7.01. The minimum Gasteiger partial charge on any atom is -0.472 e. The number of pyridine rings is 1. The molecule has 1 fully saturated rings. The Labute approximate surface area is 133 Å². The molecule has 1 radical (unpaired) electrons. The van der Waals surface area contributed by atoms with Gasteiger partial charge in [-0.3, -0.25) is 0 Å². The van der Waals surface area contributed by atoms with Crippen molar-refractivity contribution >= 4 is 27.8 Å². The SMILES string of the molecule is CC(C)(C)OC(=O)N1CC[C@H](Oc2ccc3n[c]sc3n2)C1. The molecule has 0 aromatic carbocycles. The standard InChI is InChI=1S/C15H18N3O3S/c1-15(2,3)21-14(19)18-7-6-10(8-18)20-12-5-4-11-13(17-12)22-9-16-11/h4-5,10H,6-8H2,1-3H3/t10-/m0/s1. The van der Waals surface area contributed by atoms with Crippen molar-refractivity contribution in [3.63, 3.8) is 0 Å². The summed E-state index contributed by atoms with van der Waals surface area (Å²) in [5.41, 5.74) is 3.14. The van der Waals surface area contributed by atoms with Gasteiger partial charge in [0.05, 0.1) is 6.54 Å². The van der Waals surface area contributed by atoms with E-state index in [9.17, 15) is 4.79 Å². The van der Waals surface area contributed by atoms with Crippen LogP contribution in [0.15, 0.2) is 12.1 Å². The molecule has 0 spiro atoms.